The van der Waals surface area contributed by atoms with E-state index in [0.717, 1.165) is 15.4 Å². The van der Waals surface area contributed by atoms with Crippen molar-refractivity contribution in [2.75, 3.05) is 42.0 Å². The van der Waals surface area contributed by atoms with E-state index < -0.39 is 17.4 Å². The zero-order chi connectivity index (χ0) is 28.4. The summed E-state index contributed by atoms with van der Waals surface area (Å²) in [5.74, 6) is -2.26. The summed E-state index contributed by atoms with van der Waals surface area (Å²) in [7, 11) is 8.45. The monoisotopic (exact) mass is 607 g/mol. The van der Waals surface area contributed by atoms with Crippen LogP contribution >= 0.6 is 15.9 Å². The highest BCUT2D eigenvalue weighted by molar-refractivity contribution is 9.10. The lowest BCUT2D eigenvalue weighted by molar-refractivity contribution is -0.114. The highest BCUT2D eigenvalue weighted by atomic mass is 79.9. The molecular formula is C29H36BrF2N3O4. The van der Waals surface area contributed by atoms with Gasteiger partial charge in [0.1, 0.15) is 0 Å². The molecule has 3 aromatic rings. The van der Waals surface area contributed by atoms with Gasteiger partial charge in [0, 0.05) is 52.9 Å². The van der Waals surface area contributed by atoms with E-state index in [4.69, 9.17) is 19.2 Å². The summed E-state index contributed by atoms with van der Waals surface area (Å²) < 4.78 is 45.0. The summed E-state index contributed by atoms with van der Waals surface area (Å²) in [6.45, 7) is 0.566. The first-order chi connectivity index (χ1) is 18.5. The van der Waals surface area contributed by atoms with Crippen LogP contribution in [0.25, 0.3) is 10.9 Å². The smallest absolute Gasteiger partial charge is 0.248 e. The molecule has 0 aliphatic heterocycles. The second kappa shape index (κ2) is 11.9. The molecule has 1 aliphatic carbocycles. The molecular weight excluding hydrogens is 572 g/mol. The van der Waals surface area contributed by atoms with Crippen LogP contribution < -0.4 is 14.2 Å². The fraction of sp³-hybridized carbons (Fsp3) is 0.517. The number of rotatable bonds is 12. The van der Waals surface area contributed by atoms with Gasteiger partial charge in [0.15, 0.2) is 0 Å². The second-order valence-electron chi connectivity index (χ2n) is 10.6. The fourth-order valence-electron chi connectivity index (χ4n) is 5.46. The number of aromatic nitrogens is 2. The van der Waals surface area contributed by atoms with Crippen molar-refractivity contribution in [3.05, 3.63) is 52.0 Å². The number of pyridine rings is 2. The molecule has 1 saturated carbocycles. The van der Waals surface area contributed by atoms with E-state index in [0.29, 0.717) is 54.6 Å². The summed E-state index contributed by atoms with van der Waals surface area (Å²) in [4.78, 5) is 11.1. The molecule has 4 rings (SSSR count). The Bertz CT molecular complexity index is 1280. The molecule has 7 nitrogen and oxygen atoms in total. The van der Waals surface area contributed by atoms with Crippen LogP contribution in [-0.4, -0.2) is 67.9 Å². The van der Waals surface area contributed by atoms with E-state index >= 15 is 0 Å². The van der Waals surface area contributed by atoms with Crippen LogP contribution in [0.15, 0.2) is 40.9 Å². The first kappa shape index (κ1) is 29.4. The molecule has 2 aromatic heterocycles. The van der Waals surface area contributed by atoms with Crippen molar-refractivity contribution < 1.29 is 28.1 Å². The SMILES string of the molecule is COc1cc(C(O)(CCN(C)C)C(CCC2CC(F)(F)C2)c2cc3cc(Br)ccc3nc2OC)cc(OC)n1. The van der Waals surface area contributed by atoms with E-state index in [9.17, 15) is 13.9 Å². The number of halogens is 3. The van der Waals surface area contributed by atoms with Crippen molar-refractivity contribution in [1.82, 2.24) is 14.9 Å². The van der Waals surface area contributed by atoms with Crippen LogP contribution in [0.5, 0.6) is 17.6 Å². The van der Waals surface area contributed by atoms with E-state index in [1.165, 1.54) is 14.2 Å². The highest BCUT2D eigenvalue weighted by Gasteiger charge is 2.47. The van der Waals surface area contributed by atoms with Crippen molar-refractivity contribution in [2.24, 2.45) is 5.92 Å². The maximum atomic E-state index is 13.7. The molecule has 0 spiro atoms. The minimum atomic E-state index is -2.61. The van der Waals surface area contributed by atoms with Crippen LogP contribution in [0.3, 0.4) is 0 Å². The Labute approximate surface area is 236 Å². The van der Waals surface area contributed by atoms with Gasteiger partial charge in [-0.1, -0.05) is 15.9 Å². The van der Waals surface area contributed by atoms with Gasteiger partial charge < -0.3 is 24.2 Å². The minimum absolute atomic E-state index is 0.115. The van der Waals surface area contributed by atoms with Gasteiger partial charge in [0.2, 0.25) is 23.6 Å². The molecule has 39 heavy (non-hydrogen) atoms. The number of hydrogen-bond donors (Lipinski definition) is 1. The third-order valence-electron chi connectivity index (χ3n) is 7.59. The van der Waals surface area contributed by atoms with E-state index in [-0.39, 0.29) is 18.8 Å². The van der Waals surface area contributed by atoms with Crippen molar-refractivity contribution in [2.45, 2.75) is 49.5 Å². The van der Waals surface area contributed by atoms with Crippen molar-refractivity contribution in [3.8, 4) is 17.6 Å². The van der Waals surface area contributed by atoms with Gasteiger partial charge in [0.25, 0.3) is 0 Å². The van der Waals surface area contributed by atoms with Gasteiger partial charge in [-0.2, -0.15) is 4.98 Å². The number of aliphatic hydroxyl groups is 1. The number of methoxy groups -OCH3 is 3. The average Bonchev–Trinajstić information content (AvgIpc) is 2.89. The lowest BCUT2D eigenvalue weighted by atomic mass is 9.70. The van der Waals surface area contributed by atoms with Gasteiger partial charge >= 0.3 is 0 Å². The maximum absolute atomic E-state index is 13.7. The maximum Gasteiger partial charge on any atom is 0.248 e. The summed E-state index contributed by atoms with van der Waals surface area (Å²) in [5.41, 5.74) is 0.577. The molecule has 1 aromatic carbocycles. The van der Waals surface area contributed by atoms with Gasteiger partial charge in [-0.3, -0.25) is 0 Å². The lowest BCUT2D eigenvalue weighted by Gasteiger charge is -2.41. The predicted octanol–water partition coefficient (Wildman–Crippen LogP) is 6.17. The van der Waals surface area contributed by atoms with Gasteiger partial charge in [-0.25, -0.2) is 13.8 Å². The zero-order valence-corrected chi connectivity index (χ0v) is 24.6. The van der Waals surface area contributed by atoms with E-state index in [2.05, 4.69) is 20.9 Å². The minimum Gasteiger partial charge on any atom is -0.481 e. The number of hydrogen-bond acceptors (Lipinski definition) is 7. The topological polar surface area (TPSA) is 76.9 Å². The van der Waals surface area contributed by atoms with Gasteiger partial charge in [-0.05, 0) is 69.1 Å². The third kappa shape index (κ3) is 6.61. The molecule has 10 heteroatoms. The quantitative estimate of drug-likeness (QED) is 0.264. The molecule has 1 N–H and O–H groups in total. The Balaban J connectivity index is 1.89. The van der Waals surface area contributed by atoms with Crippen LogP contribution in [-0.2, 0) is 5.60 Å². The summed E-state index contributed by atoms with van der Waals surface area (Å²) in [5, 5.41) is 13.6. The standard InChI is InChI=1S/C29H36BrF2N3O4/c1-35(2)11-10-29(36,20-14-25(37-3)34-26(15-20)38-4)23(8-6-18-16-28(31,32)17-18)22-13-19-12-21(30)7-9-24(19)33-27(22)39-5/h7,9,12-15,18,23,36H,6,8,10-11,16-17H2,1-5H3. The number of nitrogens with zero attached hydrogens (tertiary/aromatic N) is 3. The second-order valence-corrected chi connectivity index (χ2v) is 11.5. The molecule has 0 saturated heterocycles. The number of alkyl halides is 2. The largest absolute Gasteiger partial charge is 0.481 e. The summed E-state index contributed by atoms with van der Waals surface area (Å²) in [6.07, 6.45) is 1.07. The average molecular weight is 609 g/mol. The molecule has 212 valence electrons. The molecule has 1 fully saturated rings. The summed E-state index contributed by atoms with van der Waals surface area (Å²) in [6, 6.07) is 11.2. The van der Waals surface area contributed by atoms with Gasteiger partial charge in [0.05, 0.1) is 32.4 Å². The third-order valence-corrected chi connectivity index (χ3v) is 8.08. The first-order valence-electron chi connectivity index (χ1n) is 13.0. The Kier molecular flexibility index (Phi) is 8.98. The lowest BCUT2D eigenvalue weighted by Crippen LogP contribution is -2.39. The van der Waals surface area contributed by atoms with Crippen molar-refractivity contribution in [1.29, 1.82) is 0 Å². The molecule has 0 amide bonds. The van der Waals surface area contributed by atoms with Crippen LogP contribution in [0.2, 0.25) is 0 Å². The van der Waals surface area contributed by atoms with Crippen LogP contribution in [0.1, 0.15) is 49.1 Å². The molecule has 2 atom stereocenters. The molecule has 2 heterocycles. The number of benzene rings is 1. The van der Waals surface area contributed by atoms with Crippen molar-refractivity contribution in [3.63, 3.8) is 0 Å². The Hall–Kier alpha value is -2.56. The molecule has 2 unspecified atom stereocenters. The zero-order valence-electron chi connectivity index (χ0n) is 23.0. The normalized spacial score (nSPS) is 17.5. The summed E-state index contributed by atoms with van der Waals surface area (Å²) >= 11 is 3.54. The van der Waals surface area contributed by atoms with Crippen LogP contribution in [0, 0.1) is 5.92 Å². The van der Waals surface area contributed by atoms with Crippen LogP contribution in [0.4, 0.5) is 8.78 Å². The van der Waals surface area contributed by atoms with E-state index in [1.807, 2.05) is 43.3 Å². The first-order valence-corrected chi connectivity index (χ1v) is 13.8. The molecule has 0 bridgehead atoms. The Morgan fingerprint density at radius 1 is 1.05 bits per heavy atom. The van der Waals surface area contributed by atoms with Gasteiger partial charge in [-0.15, -0.1) is 0 Å². The highest BCUT2D eigenvalue weighted by Crippen LogP contribution is 2.51. The predicted molar refractivity (Wildman–Crippen MR) is 150 cm³/mol. The number of ether oxygens (including phenoxy) is 3. The Morgan fingerprint density at radius 2 is 1.72 bits per heavy atom. The molecule has 0 radical (unpaired) electrons. The van der Waals surface area contributed by atoms with Crippen molar-refractivity contribution >= 4 is 26.8 Å². The number of fused-ring (bicyclic) bond motifs is 1. The fourth-order valence-corrected chi connectivity index (χ4v) is 5.83. The Morgan fingerprint density at radius 3 is 2.28 bits per heavy atom. The molecule has 1 aliphatic rings. The van der Waals surface area contributed by atoms with E-state index in [1.54, 1.807) is 19.2 Å².